The Bertz CT molecular complexity index is 822. The number of ether oxygens (including phenoxy) is 2. The minimum Gasteiger partial charge on any atom is -0.377 e. The van der Waals surface area contributed by atoms with E-state index in [9.17, 15) is 24.0 Å². The highest BCUT2D eigenvalue weighted by Crippen LogP contribution is 2.33. The van der Waals surface area contributed by atoms with E-state index in [1.165, 1.54) is 12.2 Å². The number of nitrogens with zero attached hydrogens (tertiary/aromatic N) is 1. The molecule has 3 aliphatic rings. The number of imide groups is 1. The molecule has 0 aromatic heterocycles. The number of rotatable bonds is 17. The lowest BCUT2D eigenvalue weighted by atomic mass is 10.0. The fourth-order valence-electron chi connectivity index (χ4n) is 4.16. The highest BCUT2D eigenvalue weighted by Gasteiger charge is 2.42. The van der Waals surface area contributed by atoms with Crippen LogP contribution in [0, 0.1) is 0 Å². The molecular formula is C23H35N5O7S. The summed E-state index contributed by atoms with van der Waals surface area (Å²) in [6.07, 6.45) is 5.67. The maximum Gasteiger partial charge on any atom is 0.315 e. The number of nitrogens with one attached hydrogen (secondary N) is 4. The molecule has 0 unspecified atom stereocenters. The van der Waals surface area contributed by atoms with Crippen molar-refractivity contribution in [2.45, 2.75) is 49.4 Å². The third kappa shape index (κ3) is 9.10. The van der Waals surface area contributed by atoms with Gasteiger partial charge in [-0.25, -0.2) is 4.79 Å². The molecule has 0 spiro atoms. The first kappa shape index (κ1) is 27.9. The van der Waals surface area contributed by atoms with E-state index in [4.69, 9.17) is 9.47 Å². The lowest BCUT2D eigenvalue weighted by molar-refractivity contribution is -0.137. The van der Waals surface area contributed by atoms with Crippen molar-refractivity contribution in [3.05, 3.63) is 12.2 Å². The van der Waals surface area contributed by atoms with Crippen molar-refractivity contribution in [1.82, 2.24) is 26.2 Å². The summed E-state index contributed by atoms with van der Waals surface area (Å²) in [5.41, 5.74) is 0. The number of carbonyl (C=O) groups is 5. The second kappa shape index (κ2) is 14.8. The van der Waals surface area contributed by atoms with E-state index in [0.29, 0.717) is 51.2 Å². The second-order valence-corrected chi connectivity index (χ2v) is 9.98. The van der Waals surface area contributed by atoms with Crippen LogP contribution in [0.1, 0.15) is 32.1 Å². The van der Waals surface area contributed by atoms with Crippen molar-refractivity contribution in [3.63, 3.8) is 0 Å². The van der Waals surface area contributed by atoms with Gasteiger partial charge < -0.3 is 30.7 Å². The van der Waals surface area contributed by atoms with Crippen molar-refractivity contribution >= 4 is 41.4 Å². The minimum atomic E-state index is -0.400. The van der Waals surface area contributed by atoms with Gasteiger partial charge in [0.2, 0.25) is 11.8 Å². The predicted octanol–water partition coefficient (Wildman–Crippen LogP) is -0.707. The van der Waals surface area contributed by atoms with Crippen molar-refractivity contribution in [1.29, 1.82) is 0 Å². The summed E-state index contributed by atoms with van der Waals surface area (Å²) >= 11 is 1.88. The van der Waals surface area contributed by atoms with E-state index in [1.807, 2.05) is 11.8 Å². The zero-order chi connectivity index (χ0) is 25.8. The molecule has 3 aliphatic heterocycles. The van der Waals surface area contributed by atoms with E-state index in [0.717, 1.165) is 29.9 Å². The molecule has 2 saturated heterocycles. The Balaban J connectivity index is 1.06. The van der Waals surface area contributed by atoms with Crippen LogP contribution in [0.25, 0.3) is 0 Å². The molecule has 0 aliphatic carbocycles. The van der Waals surface area contributed by atoms with Gasteiger partial charge in [0, 0.05) is 55.6 Å². The molecule has 3 atom stereocenters. The molecular weight excluding hydrogens is 490 g/mol. The van der Waals surface area contributed by atoms with E-state index in [-0.39, 0.29) is 42.9 Å². The first-order valence-electron chi connectivity index (χ1n) is 12.3. The highest BCUT2D eigenvalue weighted by atomic mass is 32.2. The largest absolute Gasteiger partial charge is 0.377 e. The van der Waals surface area contributed by atoms with Gasteiger partial charge in [-0.05, 0) is 12.8 Å². The van der Waals surface area contributed by atoms with Gasteiger partial charge in [0.15, 0.2) is 0 Å². The Hall–Kier alpha value is -2.64. The lowest BCUT2D eigenvalue weighted by Crippen LogP contribution is -2.36. The van der Waals surface area contributed by atoms with Crippen molar-refractivity contribution in [3.8, 4) is 0 Å². The minimum absolute atomic E-state index is 0.00750. The van der Waals surface area contributed by atoms with Crippen LogP contribution in [0.5, 0.6) is 0 Å². The first-order valence-corrected chi connectivity index (χ1v) is 13.4. The van der Waals surface area contributed by atoms with Gasteiger partial charge in [0.05, 0.1) is 38.5 Å². The van der Waals surface area contributed by atoms with Gasteiger partial charge in [-0.15, -0.1) is 0 Å². The molecule has 3 heterocycles. The van der Waals surface area contributed by atoms with Crippen LogP contribution in [0.4, 0.5) is 4.79 Å². The van der Waals surface area contributed by atoms with Crippen LogP contribution in [-0.2, 0) is 28.7 Å². The standard InChI is InChI=1S/C23H35N5O7S/c29-18(4-2-1-3-17-22-16(15-36-17)26-23(33)27-22)24-8-11-34-13-14-35-12-9-25-19(30)7-10-28-20(31)5-6-21(28)32/h5-6,16-17,22H,1-4,7-15H2,(H,24,29)(H,25,30)(H2,26,27,33)/t16-,17-,22-/m1/s1. The summed E-state index contributed by atoms with van der Waals surface area (Å²) < 4.78 is 10.8. The molecule has 12 nitrogen and oxygen atoms in total. The predicted molar refractivity (Wildman–Crippen MR) is 132 cm³/mol. The number of fused-ring (bicyclic) bond motifs is 1. The molecule has 4 N–H and O–H groups in total. The fourth-order valence-corrected chi connectivity index (χ4v) is 5.71. The van der Waals surface area contributed by atoms with Crippen LogP contribution < -0.4 is 21.3 Å². The average Bonchev–Trinajstić information content (AvgIpc) is 3.50. The highest BCUT2D eigenvalue weighted by molar-refractivity contribution is 8.00. The van der Waals surface area contributed by atoms with Gasteiger partial charge in [-0.1, -0.05) is 6.42 Å². The number of urea groups is 1. The molecule has 13 heteroatoms. The van der Waals surface area contributed by atoms with E-state index < -0.39 is 11.8 Å². The van der Waals surface area contributed by atoms with Gasteiger partial charge in [-0.3, -0.25) is 24.1 Å². The van der Waals surface area contributed by atoms with Crippen molar-refractivity contribution < 1.29 is 33.4 Å². The molecule has 3 rings (SSSR count). The van der Waals surface area contributed by atoms with Gasteiger partial charge in [-0.2, -0.15) is 11.8 Å². The molecule has 0 aromatic rings. The summed E-state index contributed by atoms with van der Waals surface area (Å²) in [6.45, 7) is 2.27. The van der Waals surface area contributed by atoms with Crippen molar-refractivity contribution in [2.24, 2.45) is 0 Å². The molecule has 0 aromatic carbocycles. The maximum atomic E-state index is 11.9. The number of carbonyl (C=O) groups excluding carboxylic acids is 5. The zero-order valence-corrected chi connectivity index (χ0v) is 21.1. The summed E-state index contributed by atoms with van der Waals surface area (Å²) in [5.74, 6) is -0.107. The van der Waals surface area contributed by atoms with E-state index in [1.54, 1.807) is 0 Å². The van der Waals surface area contributed by atoms with E-state index >= 15 is 0 Å². The SMILES string of the molecule is O=C(CCCC[C@H]1SC[C@H]2NC(=O)N[C@H]21)NCCOCCOCCNC(=O)CCN1C(=O)C=CC1=O. The van der Waals surface area contributed by atoms with Crippen LogP contribution in [-0.4, -0.2) is 104 Å². The molecule has 200 valence electrons. The molecule has 2 fully saturated rings. The monoisotopic (exact) mass is 525 g/mol. The molecule has 0 radical (unpaired) electrons. The summed E-state index contributed by atoms with van der Waals surface area (Å²) in [6, 6.07) is 0.368. The summed E-state index contributed by atoms with van der Waals surface area (Å²) in [7, 11) is 0. The number of hydrogen-bond donors (Lipinski definition) is 4. The van der Waals surface area contributed by atoms with Gasteiger partial charge in [0.1, 0.15) is 0 Å². The number of hydrogen-bond acceptors (Lipinski definition) is 8. The Morgan fingerprint density at radius 2 is 1.56 bits per heavy atom. The molecule has 0 bridgehead atoms. The quantitative estimate of drug-likeness (QED) is 0.110. The molecule has 6 amide bonds. The number of unbranched alkanes of at least 4 members (excludes halogenated alkanes) is 1. The van der Waals surface area contributed by atoms with Gasteiger partial charge >= 0.3 is 6.03 Å². The van der Waals surface area contributed by atoms with Crippen LogP contribution in [0.15, 0.2) is 12.2 Å². The van der Waals surface area contributed by atoms with Crippen LogP contribution >= 0.6 is 11.8 Å². The maximum absolute atomic E-state index is 11.9. The lowest BCUT2D eigenvalue weighted by Gasteiger charge is -2.16. The van der Waals surface area contributed by atoms with Crippen LogP contribution in [0.2, 0.25) is 0 Å². The molecule has 36 heavy (non-hydrogen) atoms. The number of thioether (sulfide) groups is 1. The Labute approximate surface area is 214 Å². The first-order chi connectivity index (χ1) is 17.4. The second-order valence-electron chi connectivity index (χ2n) is 8.70. The third-order valence-electron chi connectivity index (χ3n) is 6.05. The summed E-state index contributed by atoms with van der Waals surface area (Å²) in [5, 5.41) is 11.8. The topological polar surface area (TPSA) is 155 Å². The Morgan fingerprint density at radius 3 is 2.22 bits per heavy atom. The molecule has 0 saturated carbocycles. The van der Waals surface area contributed by atoms with Crippen molar-refractivity contribution in [2.75, 3.05) is 51.8 Å². The Kier molecular flexibility index (Phi) is 11.5. The zero-order valence-electron chi connectivity index (χ0n) is 20.3. The van der Waals surface area contributed by atoms with Crippen LogP contribution in [0.3, 0.4) is 0 Å². The Morgan fingerprint density at radius 1 is 0.917 bits per heavy atom. The van der Waals surface area contributed by atoms with Gasteiger partial charge in [0.25, 0.3) is 11.8 Å². The summed E-state index contributed by atoms with van der Waals surface area (Å²) in [4.78, 5) is 58.9. The normalized spacial score (nSPS) is 22.5. The fraction of sp³-hybridized carbons (Fsp3) is 0.696. The smallest absolute Gasteiger partial charge is 0.315 e. The number of amides is 6. The van der Waals surface area contributed by atoms with E-state index in [2.05, 4.69) is 21.3 Å². The third-order valence-corrected chi connectivity index (χ3v) is 7.56. The average molecular weight is 526 g/mol.